The number of azide groups is 1. The Morgan fingerprint density at radius 2 is 2.07 bits per heavy atom. The Kier molecular flexibility index (Phi) is 2.92. The van der Waals surface area contributed by atoms with Gasteiger partial charge in [0.1, 0.15) is 5.69 Å². The van der Waals surface area contributed by atoms with Crippen molar-refractivity contribution in [2.45, 2.75) is 6.54 Å². The lowest BCUT2D eigenvalue weighted by Gasteiger charge is -1.96. The molecule has 0 amide bonds. The molecule has 0 fully saturated rings. The van der Waals surface area contributed by atoms with Gasteiger partial charge >= 0.3 is 0 Å². The van der Waals surface area contributed by atoms with Crippen LogP contribution >= 0.6 is 11.7 Å². The van der Waals surface area contributed by atoms with Crippen molar-refractivity contribution >= 4 is 11.7 Å². The van der Waals surface area contributed by atoms with E-state index in [-0.39, 0.29) is 6.54 Å². The first kappa shape index (κ1) is 9.64. The summed E-state index contributed by atoms with van der Waals surface area (Å²) in [6.07, 6.45) is 0. The fraction of sp³-hybridized carbons (Fsp3) is 0.111. The molecule has 0 aliphatic carbocycles. The summed E-state index contributed by atoms with van der Waals surface area (Å²) in [5, 5.41) is 3.49. The second-order valence-electron chi connectivity index (χ2n) is 2.81. The van der Waals surface area contributed by atoms with Crippen LogP contribution in [0.3, 0.4) is 0 Å². The molecule has 0 aliphatic heterocycles. The highest BCUT2D eigenvalue weighted by Crippen LogP contribution is 2.21. The molecule has 0 bridgehead atoms. The summed E-state index contributed by atoms with van der Waals surface area (Å²) in [6, 6.07) is 9.72. The molecule has 1 aromatic carbocycles. The van der Waals surface area contributed by atoms with Crippen LogP contribution in [0.25, 0.3) is 21.7 Å². The third-order valence-corrected chi connectivity index (χ3v) is 2.45. The summed E-state index contributed by atoms with van der Waals surface area (Å²) in [5.74, 6) is 0. The van der Waals surface area contributed by atoms with Crippen LogP contribution in [0.2, 0.25) is 0 Å². The van der Waals surface area contributed by atoms with Crippen LogP contribution in [0, 0.1) is 0 Å². The van der Waals surface area contributed by atoms with E-state index < -0.39 is 0 Å². The lowest BCUT2D eigenvalue weighted by molar-refractivity contribution is 1.01. The standard InChI is InChI=1S/C9H7N5S/c10-14-11-6-8-9(13-15-12-8)7-4-2-1-3-5-7/h1-5H,6H2. The van der Waals surface area contributed by atoms with Gasteiger partial charge in [-0.05, 0) is 5.53 Å². The van der Waals surface area contributed by atoms with Crippen molar-refractivity contribution in [1.29, 1.82) is 0 Å². The highest BCUT2D eigenvalue weighted by Gasteiger charge is 2.08. The Morgan fingerprint density at radius 1 is 1.27 bits per heavy atom. The number of aromatic nitrogens is 2. The predicted octanol–water partition coefficient (Wildman–Crippen LogP) is 3.02. The van der Waals surface area contributed by atoms with Crippen molar-refractivity contribution in [2.24, 2.45) is 5.11 Å². The maximum Gasteiger partial charge on any atom is 0.107 e. The quantitative estimate of drug-likeness (QED) is 0.450. The molecule has 5 nitrogen and oxygen atoms in total. The predicted molar refractivity (Wildman–Crippen MR) is 58.2 cm³/mol. The van der Waals surface area contributed by atoms with Crippen molar-refractivity contribution in [3.63, 3.8) is 0 Å². The Labute approximate surface area is 90.3 Å². The second-order valence-corrected chi connectivity index (χ2v) is 3.34. The fourth-order valence-corrected chi connectivity index (χ4v) is 1.80. The van der Waals surface area contributed by atoms with Gasteiger partial charge in [-0.2, -0.15) is 8.75 Å². The van der Waals surface area contributed by atoms with Crippen molar-refractivity contribution in [1.82, 2.24) is 8.75 Å². The fourth-order valence-electron chi connectivity index (χ4n) is 1.22. The molecular weight excluding hydrogens is 210 g/mol. The zero-order chi connectivity index (χ0) is 10.5. The molecule has 0 spiro atoms. The topological polar surface area (TPSA) is 74.5 Å². The molecule has 0 saturated carbocycles. The molecule has 0 aliphatic rings. The van der Waals surface area contributed by atoms with Gasteiger partial charge in [0.15, 0.2) is 0 Å². The van der Waals surface area contributed by atoms with E-state index in [1.807, 2.05) is 30.3 Å². The summed E-state index contributed by atoms with van der Waals surface area (Å²) in [5.41, 5.74) is 10.8. The van der Waals surface area contributed by atoms with E-state index in [0.717, 1.165) is 28.7 Å². The molecule has 6 heteroatoms. The SMILES string of the molecule is [N-]=[N+]=NCc1nsnc1-c1ccccc1. The molecule has 2 aromatic rings. The first-order chi connectivity index (χ1) is 7.42. The van der Waals surface area contributed by atoms with Gasteiger partial charge in [0, 0.05) is 10.5 Å². The zero-order valence-electron chi connectivity index (χ0n) is 7.74. The van der Waals surface area contributed by atoms with Crippen LogP contribution in [-0.2, 0) is 6.54 Å². The molecule has 0 N–H and O–H groups in total. The minimum absolute atomic E-state index is 0.247. The summed E-state index contributed by atoms with van der Waals surface area (Å²) in [6.45, 7) is 0.247. The number of rotatable bonds is 3. The number of nitrogens with zero attached hydrogens (tertiary/aromatic N) is 5. The Morgan fingerprint density at radius 3 is 2.80 bits per heavy atom. The van der Waals surface area contributed by atoms with Gasteiger partial charge in [-0.15, -0.1) is 0 Å². The average molecular weight is 217 g/mol. The van der Waals surface area contributed by atoms with E-state index in [2.05, 4.69) is 18.8 Å². The monoisotopic (exact) mass is 217 g/mol. The molecule has 1 heterocycles. The maximum absolute atomic E-state index is 8.24. The number of hydrogen-bond acceptors (Lipinski definition) is 4. The van der Waals surface area contributed by atoms with E-state index >= 15 is 0 Å². The van der Waals surface area contributed by atoms with E-state index in [0.29, 0.717) is 0 Å². The van der Waals surface area contributed by atoms with Gasteiger partial charge in [0.2, 0.25) is 0 Å². The van der Waals surface area contributed by atoms with Gasteiger partial charge < -0.3 is 0 Å². The molecular formula is C9H7N5S. The summed E-state index contributed by atoms with van der Waals surface area (Å²) in [7, 11) is 0. The molecule has 0 unspecified atom stereocenters. The van der Waals surface area contributed by atoms with Crippen LogP contribution in [0.1, 0.15) is 5.69 Å². The molecule has 0 atom stereocenters. The van der Waals surface area contributed by atoms with E-state index in [1.165, 1.54) is 0 Å². The summed E-state index contributed by atoms with van der Waals surface area (Å²) >= 11 is 1.13. The first-order valence-electron chi connectivity index (χ1n) is 4.29. The van der Waals surface area contributed by atoms with E-state index in [9.17, 15) is 0 Å². The molecule has 0 radical (unpaired) electrons. The van der Waals surface area contributed by atoms with Crippen molar-refractivity contribution in [2.75, 3.05) is 0 Å². The Bertz CT molecular complexity index is 486. The van der Waals surface area contributed by atoms with Gasteiger partial charge in [-0.3, -0.25) is 0 Å². The lowest BCUT2D eigenvalue weighted by atomic mass is 10.1. The molecule has 74 valence electrons. The number of benzene rings is 1. The van der Waals surface area contributed by atoms with Crippen LogP contribution in [0.4, 0.5) is 0 Å². The summed E-state index contributed by atoms with van der Waals surface area (Å²) < 4.78 is 8.28. The van der Waals surface area contributed by atoms with Crippen LogP contribution in [-0.4, -0.2) is 8.75 Å². The van der Waals surface area contributed by atoms with E-state index in [1.54, 1.807) is 0 Å². The smallest absolute Gasteiger partial charge is 0.107 e. The third kappa shape index (κ3) is 2.12. The van der Waals surface area contributed by atoms with Crippen LogP contribution in [0.15, 0.2) is 35.4 Å². The minimum Gasteiger partial charge on any atom is -0.177 e. The summed E-state index contributed by atoms with van der Waals surface area (Å²) in [4.78, 5) is 2.71. The van der Waals surface area contributed by atoms with E-state index in [4.69, 9.17) is 5.53 Å². The highest BCUT2D eigenvalue weighted by atomic mass is 32.1. The average Bonchev–Trinajstić information content (AvgIpc) is 2.75. The normalized spacial score (nSPS) is 9.60. The van der Waals surface area contributed by atoms with Gasteiger partial charge in [-0.25, -0.2) is 0 Å². The van der Waals surface area contributed by atoms with Crippen molar-refractivity contribution in [3.05, 3.63) is 46.5 Å². The molecule has 1 aromatic heterocycles. The lowest BCUT2D eigenvalue weighted by Crippen LogP contribution is -1.85. The van der Waals surface area contributed by atoms with Crippen molar-refractivity contribution < 1.29 is 0 Å². The van der Waals surface area contributed by atoms with Gasteiger partial charge in [0.25, 0.3) is 0 Å². The highest BCUT2D eigenvalue weighted by molar-refractivity contribution is 6.99. The zero-order valence-corrected chi connectivity index (χ0v) is 8.55. The molecule has 15 heavy (non-hydrogen) atoms. The van der Waals surface area contributed by atoms with Crippen LogP contribution in [0.5, 0.6) is 0 Å². The number of hydrogen-bond donors (Lipinski definition) is 0. The second kappa shape index (κ2) is 4.54. The minimum atomic E-state index is 0.247. The van der Waals surface area contributed by atoms with Crippen molar-refractivity contribution in [3.8, 4) is 11.3 Å². The van der Waals surface area contributed by atoms with Gasteiger partial charge in [0.05, 0.1) is 24.0 Å². The first-order valence-corrected chi connectivity index (χ1v) is 5.02. The van der Waals surface area contributed by atoms with Crippen LogP contribution < -0.4 is 0 Å². The van der Waals surface area contributed by atoms with Gasteiger partial charge in [-0.1, -0.05) is 35.4 Å². The molecule has 0 saturated heterocycles. The Balaban J connectivity index is 2.37. The maximum atomic E-state index is 8.24. The Hall–Kier alpha value is -1.91. The molecule has 2 rings (SSSR count). The third-order valence-electron chi connectivity index (χ3n) is 1.89. The largest absolute Gasteiger partial charge is 0.177 e.